The molecule has 6 rings (SSSR count). The number of hydrogen-bond acceptors (Lipinski definition) is 2. The van der Waals surface area contributed by atoms with Gasteiger partial charge in [0, 0.05) is 0 Å². The number of benzene rings is 4. The zero-order chi connectivity index (χ0) is 39.4. The summed E-state index contributed by atoms with van der Waals surface area (Å²) in [5.41, 5.74) is 12.7. The van der Waals surface area contributed by atoms with Gasteiger partial charge in [-0.2, -0.15) is 0 Å². The molecule has 0 aromatic heterocycles. The molecule has 0 radical (unpaired) electrons. The number of amides is 2. The van der Waals surface area contributed by atoms with Crippen molar-refractivity contribution >= 4 is 45.5 Å². The molecular weight excluding hydrogens is 785 g/mol. The van der Waals surface area contributed by atoms with Crippen LogP contribution < -0.4 is 10.5 Å². The van der Waals surface area contributed by atoms with Gasteiger partial charge >= 0.3 is 334 Å². The van der Waals surface area contributed by atoms with Gasteiger partial charge in [-0.1, -0.05) is 0 Å². The molecule has 4 aromatic rings. The summed E-state index contributed by atoms with van der Waals surface area (Å²) in [6.45, 7) is 21.2. The first-order chi connectivity index (χ1) is 25.3. The molecule has 2 unspecified atom stereocenters. The van der Waals surface area contributed by atoms with Crippen molar-refractivity contribution in [2.24, 2.45) is 10.8 Å². The quantitative estimate of drug-likeness (QED) is 0.165. The molecule has 0 saturated heterocycles. The van der Waals surface area contributed by atoms with Crippen LogP contribution in [0.3, 0.4) is 0 Å². The molecule has 8 heteroatoms. The van der Waals surface area contributed by atoms with Crippen LogP contribution in [0.15, 0.2) is 96.1 Å². The monoisotopic (exact) mass is 837 g/mol. The number of fused-ring (bicyclic) bond motifs is 2. The molecule has 0 saturated carbocycles. The molecule has 0 heterocycles. The van der Waals surface area contributed by atoms with Crippen molar-refractivity contribution in [3.8, 4) is 22.3 Å². The first-order valence-corrected chi connectivity index (χ1v) is 29.9. The van der Waals surface area contributed by atoms with Crippen molar-refractivity contribution in [1.29, 1.82) is 0 Å². The van der Waals surface area contributed by atoms with E-state index in [4.69, 9.17) is 17.0 Å². The van der Waals surface area contributed by atoms with Gasteiger partial charge in [-0.3, -0.25) is 0 Å². The van der Waals surface area contributed by atoms with Gasteiger partial charge in [-0.05, 0) is 0 Å². The first kappa shape index (κ1) is 40.5. The van der Waals surface area contributed by atoms with Crippen molar-refractivity contribution < 1.29 is 25.8 Å². The number of carbonyl (C=O) groups excluding carboxylic acids is 2. The number of carbonyl (C=O) groups is 2. The van der Waals surface area contributed by atoms with Gasteiger partial charge in [0.15, 0.2) is 0 Å². The van der Waals surface area contributed by atoms with Gasteiger partial charge in [-0.25, -0.2) is 0 Å². The Morgan fingerprint density at radius 1 is 0.593 bits per heavy atom. The van der Waals surface area contributed by atoms with Gasteiger partial charge < -0.3 is 0 Å². The van der Waals surface area contributed by atoms with Crippen LogP contribution in [-0.4, -0.2) is 16.3 Å². The summed E-state index contributed by atoms with van der Waals surface area (Å²) in [7, 11) is 17.9. The van der Waals surface area contributed by atoms with Gasteiger partial charge in [0.05, 0.1) is 0 Å². The maximum absolute atomic E-state index is 13.7. The number of halogens is 2. The number of aryl methyl sites for hydroxylation is 2. The predicted molar refractivity (Wildman–Crippen MR) is 228 cm³/mol. The Labute approximate surface area is 331 Å². The van der Waals surface area contributed by atoms with Gasteiger partial charge in [0.2, 0.25) is 0 Å². The minimum absolute atomic E-state index is 0.209. The molecule has 4 nitrogen and oxygen atoms in total. The molecule has 0 spiro atoms. The fourth-order valence-electron chi connectivity index (χ4n) is 8.85. The molecule has 2 aliphatic carbocycles. The van der Waals surface area contributed by atoms with E-state index in [0.29, 0.717) is 0 Å². The van der Waals surface area contributed by atoms with E-state index in [1.165, 1.54) is 11.1 Å². The van der Waals surface area contributed by atoms with Crippen LogP contribution in [0.25, 0.3) is 34.4 Å². The summed E-state index contributed by atoms with van der Waals surface area (Å²) < 4.78 is -1.91. The van der Waals surface area contributed by atoms with Crippen LogP contribution in [0.1, 0.15) is 109 Å². The predicted octanol–water partition coefficient (Wildman–Crippen LogP) is 12.3. The summed E-state index contributed by atoms with van der Waals surface area (Å²) >= 11 is -6.11. The molecule has 281 valence electrons. The fourth-order valence-corrected chi connectivity index (χ4v) is 29.9. The van der Waals surface area contributed by atoms with Gasteiger partial charge in [-0.15, -0.1) is 0 Å². The molecule has 2 amide bonds. The fraction of sp³-hybridized carbons (Fsp3) is 0.348. The molecule has 4 aromatic carbocycles. The molecule has 2 atom stereocenters. The van der Waals surface area contributed by atoms with E-state index in [-0.39, 0.29) is 35.5 Å². The van der Waals surface area contributed by atoms with E-state index in [1.807, 2.05) is 13.8 Å². The number of rotatable bonds is 9. The van der Waals surface area contributed by atoms with Crippen LogP contribution in [0.5, 0.6) is 0 Å². The topological polar surface area (TPSA) is 58.2 Å². The molecule has 0 aliphatic heterocycles. The molecule has 0 fully saturated rings. The number of nitrogens with one attached hydrogen (secondary N) is 2. The van der Waals surface area contributed by atoms with E-state index in [0.717, 1.165) is 55.7 Å². The third kappa shape index (κ3) is 6.94. The number of allylic oxidation sites excluding steroid dienone is 2. The van der Waals surface area contributed by atoms with Crippen molar-refractivity contribution in [1.82, 2.24) is 10.5 Å². The van der Waals surface area contributed by atoms with E-state index < -0.39 is 27.9 Å². The Morgan fingerprint density at radius 3 is 1.28 bits per heavy atom. The van der Waals surface area contributed by atoms with Crippen LogP contribution in [0.2, 0.25) is 0 Å². The molecule has 2 N–H and O–H groups in total. The Balaban J connectivity index is 1.77. The second-order valence-corrected chi connectivity index (χ2v) is 38.7. The summed E-state index contributed by atoms with van der Waals surface area (Å²) in [5, 5.41) is 6.57. The van der Waals surface area contributed by atoms with E-state index in [2.05, 4.69) is 163 Å². The van der Waals surface area contributed by atoms with E-state index in [9.17, 15) is 9.59 Å². The Bertz CT molecular complexity index is 2060. The second kappa shape index (κ2) is 14.7. The zero-order valence-electron chi connectivity index (χ0n) is 33.5. The van der Waals surface area contributed by atoms with Crippen LogP contribution >= 0.6 is 17.0 Å². The van der Waals surface area contributed by atoms with Crippen molar-refractivity contribution in [3.05, 3.63) is 129 Å². The average Bonchev–Trinajstić information content (AvgIpc) is 3.74. The van der Waals surface area contributed by atoms with Crippen molar-refractivity contribution in [2.45, 2.75) is 89.3 Å². The van der Waals surface area contributed by atoms with Crippen LogP contribution in [0.4, 0.5) is 0 Å². The first-order valence-electron chi connectivity index (χ1n) is 19.3. The summed E-state index contributed by atoms with van der Waals surface area (Å²) in [5.74, 6) is -0.418. The zero-order valence-corrected chi connectivity index (χ0v) is 37.4. The van der Waals surface area contributed by atoms with Crippen molar-refractivity contribution in [2.75, 3.05) is 0 Å². The van der Waals surface area contributed by atoms with Crippen molar-refractivity contribution in [3.63, 3.8) is 0 Å². The summed E-state index contributed by atoms with van der Waals surface area (Å²) in [6.07, 6.45) is 5.08. The third-order valence-electron chi connectivity index (χ3n) is 11.6. The normalized spacial score (nSPS) is 17.4. The SMILES string of the molecule is CCC(=O)N[B](NC(=O)CC)[Zr]([Cl])([Cl])([CH]1C(C(C)(C)C)=Cc2c(-c3ccccc3C)cccc21)[CH]1C(C(C)(C)C)=Cc2c(-c3ccccc3C)cccc21. The molecule has 2 aliphatic rings. The molecule has 54 heavy (non-hydrogen) atoms. The average molecular weight is 840 g/mol. The summed E-state index contributed by atoms with van der Waals surface area (Å²) in [4.78, 5) is 27.5. The Morgan fingerprint density at radius 2 is 0.944 bits per heavy atom. The van der Waals surface area contributed by atoms with E-state index in [1.54, 1.807) is 0 Å². The minimum atomic E-state index is -6.11. The molecular formula is C46H54BCl2N2O2Zr. The molecule has 0 bridgehead atoms. The van der Waals surface area contributed by atoms with Crippen LogP contribution in [-0.2, 0) is 25.8 Å². The standard InChI is InChI=1S/2C20H21.C6H11BN2O2.2ClH.Zr/c2*1-14-8-5-6-10-17(14)18-11-7-9-15-12-16(13-19(15)18)20(2,3)4;1-3-5(10)8-7-9-6(11)4-2;;;/h2*5-13H,1-4H3;3-4H2,1-2H3,(H-,8,9,10,11);2*1H;/q;;;;;+1/p-1. The second-order valence-electron chi connectivity index (χ2n) is 17.3. The van der Waals surface area contributed by atoms with Crippen LogP contribution in [0, 0.1) is 24.7 Å². The Hall–Kier alpha value is -3.17. The van der Waals surface area contributed by atoms with Gasteiger partial charge in [0.25, 0.3) is 0 Å². The maximum atomic E-state index is 13.7. The Kier molecular flexibility index (Phi) is 11.0. The van der Waals surface area contributed by atoms with E-state index >= 15 is 0 Å². The third-order valence-corrected chi connectivity index (χ3v) is 31.3. The number of hydrogen-bond donors (Lipinski definition) is 2. The summed E-state index contributed by atoms with van der Waals surface area (Å²) in [6, 6.07) is 29.8. The van der Waals surface area contributed by atoms with Gasteiger partial charge in [0.1, 0.15) is 0 Å².